The molecule has 0 fully saturated rings. The van der Waals surface area contributed by atoms with Gasteiger partial charge in [0.15, 0.2) is 5.41 Å². The quantitative estimate of drug-likeness (QED) is 0.256. The predicted molar refractivity (Wildman–Crippen MR) is 82.3 cm³/mol. The van der Waals surface area contributed by atoms with E-state index in [2.05, 4.69) is 15.9 Å². The van der Waals surface area contributed by atoms with Gasteiger partial charge in [-0.2, -0.15) is 0 Å². The lowest BCUT2D eigenvalue weighted by Crippen LogP contribution is -2.53. The number of nitrogens with two attached hydrogens (primary N) is 1. The molecule has 5 nitrogen and oxygen atoms in total. The molecule has 0 heterocycles. The highest BCUT2D eigenvalue weighted by Crippen LogP contribution is 2.47. The molecule has 1 aliphatic carbocycles. The van der Waals surface area contributed by atoms with Crippen LogP contribution in [0.1, 0.15) is 31.2 Å². The zero-order valence-corrected chi connectivity index (χ0v) is 13.2. The smallest absolute Gasteiger partial charge is 0.320 e. The lowest BCUT2D eigenvalue weighted by molar-refractivity contribution is -0.158. The fraction of sp³-hybridized carbons (Fsp3) is 0.333. The second-order valence-corrected chi connectivity index (χ2v) is 6.23. The van der Waals surface area contributed by atoms with Gasteiger partial charge in [0.1, 0.15) is 0 Å². The zero-order valence-electron chi connectivity index (χ0n) is 11.6. The molecule has 4 N–H and O–H groups in total. The molecule has 0 saturated carbocycles. The minimum atomic E-state index is -1.57. The number of carboxylic acids is 1. The largest absolute Gasteiger partial charge is 0.480 e. The van der Waals surface area contributed by atoms with Gasteiger partial charge in [0.2, 0.25) is 0 Å². The SMILES string of the molecule is CC1=CCC(C(=O)O)(C(=O)NN)C(c2ccc(Br)cc2)C1. The number of amides is 1. The van der Waals surface area contributed by atoms with Crippen LogP contribution in [0, 0.1) is 5.41 Å². The summed E-state index contributed by atoms with van der Waals surface area (Å²) >= 11 is 3.35. The molecule has 112 valence electrons. The van der Waals surface area contributed by atoms with E-state index in [1.54, 1.807) is 6.08 Å². The summed E-state index contributed by atoms with van der Waals surface area (Å²) in [5.41, 5.74) is 2.35. The topological polar surface area (TPSA) is 92.4 Å². The van der Waals surface area contributed by atoms with Crippen molar-refractivity contribution >= 4 is 27.8 Å². The Bertz CT molecular complexity index is 597. The van der Waals surface area contributed by atoms with E-state index in [9.17, 15) is 14.7 Å². The first-order valence-corrected chi connectivity index (χ1v) is 7.36. The Hall–Kier alpha value is -1.66. The number of benzene rings is 1. The number of carboxylic acid groups (broad SMARTS) is 1. The number of carbonyl (C=O) groups is 2. The summed E-state index contributed by atoms with van der Waals surface area (Å²) in [6.45, 7) is 1.94. The van der Waals surface area contributed by atoms with E-state index in [1.165, 1.54) is 0 Å². The Labute approximate surface area is 131 Å². The summed E-state index contributed by atoms with van der Waals surface area (Å²) in [6, 6.07) is 7.37. The van der Waals surface area contributed by atoms with Gasteiger partial charge in [-0.15, -0.1) is 0 Å². The van der Waals surface area contributed by atoms with E-state index in [4.69, 9.17) is 5.84 Å². The molecule has 1 aromatic carbocycles. The second-order valence-electron chi connectivity index (χ2n) is 5.31. The Morgan fingerprint density at radius 2 is 2.00 bits per heavy atom. The van der Waals surface area contributed by atoms with Crippen molar-refractivity contribution in [3.05, 3.63) is 46.0 Å². The number of halogens is 1. The maximum atomic E-state index is 12.2. The molecule has 0 aliphatic heterocycles. The van der Waals surface area contributed by atoms with E-state index in [1.807, 2.05) is 36.6 Å². The maximum absolute atomic E-state index is 12.2. The van der Waals surface area contributed by atoms with Crippen molar-refractivity contribution in [2.24, 2.45) is 11.3 Å². The summed E-state index contributed by atoms with van der Waals surface area (Å²) in [5.74, 6) is 2.98. The van der Waals surface area contributed by atoms with E-state index in [0.29, 0.717) is 6.42 Å². The number of hydrogen-bond donors (Lipinski definition) is 3. The third-order valence-electron chi connectivity index (χ3n) is 4.08. The number of nitrogens with one attached hydrogen (secondary N) is 1. The normalized spacial score (nSPS) is 25.1. The molecule has 0 saturated heterocycles. The van der Waals surface area contributed by atoms with Gasteiger partial charge < -0.3 is 5.11 Å². The number of aliphatic carboxylic acids is 1. The first kappa shape index (κ1) is 15.7. The molecule has 2 unspecified atom stereocenters. The van der Waals surface area contributed by atoms with Crippen molar-refractivity contribution in [3.8, 4) is 0 Å². The van der Waals surface area contributed by atoms with E-state index < -0.39 is 23.2 Å². The molecular formula is C15H17BrN2O3. The summed E-state index contributed by atoms with van der Waals surface area (Å²) in [5, 5.41) is 9.71. The van der Waals surface area contributed by atoms with Crippen LogP contribution in [0.25, 0.3) is 0 Å². The Balaban J connectivity index is 2.56. The highest BCUT2D eigenvalue weighted by Gasteiger charge is 2.53. The fourth-order valence-corrected chi connectivity index (χ4v) is 3.13. The summed E-state index contributed by atoms with van der Waals surface area (Å²) in [6.07, 6.45) is 2.46. The average molecular weight is 353 g/mol. The first-order chi connectivity index (χ1) is 9.91. The second kappa shape index (κ2) is 5.99. The highest BCUT2D eigenvalue weighted by atomic mass is 79.9. The Kier molecular flexibility index (Phi) is 4.49. The number of allylic oxidation sites excluding steroid dienone is 2. The van der Waals surface area contributed by atoms with Gasteiger partial charge in [-0.3, -0.25) is 15.0 Å². The monoisotopic (exact) mass is 352 g/mol. The van der Waals surface area contributed by atoms with Crippen molar-refractivity contribution in [1.82, 2.24) is 5.43 Å². The molecule has 1 amide bonds. The molecule has 0 spiro atoms. The van der Waals surface area contributed by atoms with Crippen molar-refractivity contribution in [2.45, 2.75) is 25.7 Å². The third kappa shape index (κ3) is 2.73. The molecule has 6 heteroatoms. The van der Waals surface area contributed by atoms with Crippen LogP contribution >= 0.6 is 15.9 Å². The van der Waals surface area contributed by atoms with Gasteiger partial charge >= 0.3 is 5.97 Å². The summed E-state index contributed by atoms with van der Waals surface area (Å²) in [4.78, 5) is 24.1. The number of rotatable bonds is 3. The summed E-state index contributed by atoms with van der Waals surface area (Å²) < 4.78 is 0.901. The van der Waals surface area contributed by atoms with Crippen LogP contribution in [-0.2, 0) is 9.59 Å². The molecule has 1 aromatic rings. The van der Waals surface area contributed by atoms with Crippen LogP contribution in [0.5, 0.6) is 0 Å². The van der Waals surface area contributed by atoms with E-state index in [-0.39, 0.29) is 6.42 Å². The molecule has 0 aromatic heterocycles. The third-order valence-corrected chi connectivity index (χ3v) is 4.61. The van der Waals surface area contributed by atoms with Crippen LogP contribution in [-0.4, -0.2) is 17.0 Å². The van der Waals surface area contributed by atoms with Crippen LogP contribution in [0.15, 0.2) is 40.4 Å². The molecule has 1 aliphatic rings. The lowest BCUT2D eigenvalue weighted by Gasteiger charge is -2.38. The Morgan fingerprint density at radius 1 is 1.38 bits per heavy atom. The van der Waals surface area contributed by atoms with Crippen LogP contribution in [0.3, 0.4) is 0 Å². The van der Waals surface area contributed by atoms with Crippen LogP contribution < -0.4 is 11.3 Å². The van der Waals surface area contributed by atoms with Gasteiger partial charge in [-0.1, -0.05) is 39.7 Å². The van der Waals surface area contributed by atoms with Crippen molar-refractivity contribution in [3.63, 3.8) is 0 Å². The fourth-order valence-electron chi connectivity index (χ4n) is 2.87. The van der Waals surface area contributed by atoms with Crippen molar-refractivity contribution in [1.29, 1.82) is 0 Å². The summed E-state index contributed by atoms with van der Waals surface area (Å²) in [7, 11) is 0. The van der Waals surface area contributed by atoms with Gasteiger partial charge in [0.25, 0.3) is 5.91 Å². The standard InChI is InChI=1S/C15H17BrN2O3/c1-9-6-7-15(14(20)21,13(19)18-17)12(8-9)10-2-4-11(16)5-3-10/h2-6,12H,7-8,17H2,1H3,(H,18,19)(H,20,21). The lowest BCUT2D eigenvalue weighted by atomic mass is 9.64. The number of hydrazine groups is 1. The van der Waals surface area contributed by atoms with Gasteiger partial charge in [0, 0.05) is 10.4 Å². The van der Waals surface area contributed by atoms with Gasteiger partial charge in [-0.25, -0.2) is 5.84 Å². The molecular weight excluding hydrogens is 336 g/mol. The van der Waals surface area contributed by atoms with Gasteiger partial charge in [-0.05, 0) is 37.5 Å². The maximum Gasteiger partial charge on any atom is 0.320 e. The molecule has 0 bridgehead atoms. The predicted octanol–water partition coefficient (Wildman–Crippen LogP) is 2.33. The minimum absolute atomic E-state index is 0.137. The van der Waals surface area contributed by atoms with Crippen LogP contribution in [0.4, 0.5) is 0 Å². The van der Waals surface area contributed by atoms with Crippen LogP contribution in [0.2, 0.25) is 0 Å². The number of hydrogen-bond acceptors (Lipinski definition) is 3. The minimum Gasteiger partial charge on any atom is -0.480 e. The highest BCUT2D eigenvalue weighted by molar-refractivity contribution is 9.10. The molecule has 0 radical (unpaired) electrons. The van der Waals surface area contributed by atoms with E-state index in [0.717, 1.165) is 15.6 Å². The van der Waals surface area contributed by atoms with Crippen molar-refractivity contribution < 1.29 is 14.7 Å². The average Bonchev–Trinajstić information content (AvgIpc) is 2.47. The van der Waals surface area contributed by atoms with Crippen molar-refractivity contribution in [2.75, 3.05) is 0 Å². The molecule has 21 heavy (non-hydrogen) atoms. The first-order valence-electron chi connectivity index (χ1n) is 6.57. The molecule has 2 atom stereocenters. The number of carbonyl (C=O) groups excluding carboxylic acids is 1. The Morgan fingerprint density at radius 3 is 2.52 bits per heavy atom. The zero-order chi connectivity index (χ0) is 15.6. The molecule has 2 rings (SSSR count). The van der Waals surface area contributed by atoms with E-state index >= 15 is 0 Å². The van der Waals surface area contributed by atoms with Gasteiger partial charge in [0.05, 0.1) is 0 Å².